The highest BCUT2D eigenvalue weighted by molar-refractivity contribution is 5.34. The fourth-order valence-electron chi connectivity index (χ4n) is 1.64. The number of hydrogen-bond acceptors (Lipinski definition) is 2. The Morgan fingerprint density at radius 3 is 2.53 bits per heavy atom. The van der Waals surface area contributed by atoms with E-state index < -0.39 is 17.2 Å². The minimum atomic E-state index is -0.842. The predicted octanol–water partition coefficient (Wildman–Crippen LogP) is 2.06. The Bertz CT molecular complexity index is 388. The van der Waals surface area contributed by atoms with Crippen LogP contribution in [0.1, 0.15) is 24.0 Å². The van der Waals surface area contributed by atoms with E-state index in [1.807, 2.05) is 0 Å². The van der Waals surface area contributed by atoms with Crippen LogP contribution in [-0.4, -0.2) is 7.11 Å². The highest BCUT2D eigenvalue weighted by Gasteiger charge is 2.42. The van der Waals surface area contributed by atoms with Crippen LogP contribution in [0.4, 0.5) is 8.78 Å². The van der Waals surface area contributed by atoms with E-state index in [4.69, 9.17) is 10.5 Å². The van der Waals surface area contributed by atoms with Crippen LogP contribution in [-0.2, 0) is 16.9 Å². The molecule has 1 aliphatic rings. The second-order valence-electron chi connectivity index (χ2n) is 3.99. The molecule has 4 heteroatoms. The molecular formula is C11H13F2NO. The molecule has 0 bridgehead atoms. The lowest BCUT2D eigenvalue weighted by Crippen LogP contribution is -2.21. The van der Waals surface area contributed by atoms with Gasteiger partial charge in [0, 0.05) is 23.8 Å². The van der Waals surface area contributed by atoms with Crippen molar-refractivity contribution in [2.24, 2.45) is 5.73 Å². The molecule has 1 aromatic carbocycles. The quantitative estimate of drug-likeness (QED) is 0.834. The molecule has 1 aromatic rings. The summed E-state index contributed by atoms with van der Waals surface area (Å²) in [5.41, 5.74) is 5.68. The van der Waals surface area contributed by atoms with Crippen molar-refractivity contribution in [3.05, 3.63) is 34.9 Å². The lowest BCUT2D eigenvalue weighted by molar-refractivity contribution is 0.180. The molecule has 0 spiro atoms. The van der Waals surface area contributed by atoms with Crippen molar-refractivity contribution in [3.8, 4) is 0 Å². The Labute approximate surface area is 87.0 Å². The summed E-state index contributed by atoms with van der Waals surface area (Å²) in [7, 11) is 1.44. The summed E-state index contributed by atoms with van der Waals surface area (Å²) < 4.78 is 31.9. The Morgan fingerprint density at radius 2 is 2.00 bits per heavy atom. The van der Waals surface area contributed by atoms with Crippen molar-refractivity contribution in [1.29, 1.82) is 0 Å². The lowest BCUT2D eigenvalue weighted by Gasteiger charge is -2.12. The molecule has 0 atom stereocenters. The summed E-state index contributed by atoms with van der Waals surface area (Å²) >= 11 is 0. The van der Waals surface area contributed by atoms with E-state index in [1.165, 1.54) is 13.2 Å². The van der Waals surface area contributed by atoms with Gasteiger partial charge < -0.3 is 10.5 Å². The van der Waals surface area contributed by atoms with Gasteiger partial charge in [0.25, 0.3) is 0 Å². The first-order valence-corrected chi connectivity index (χ1v) is 4.83. The smallest absolute Gasteiger partial charge is 0.164 e. The number of benzene rings is 1. The summed E-state index contributed by atoms with van der Waals surface area (Å²) in [5, 5.41) is 0. The van der Waals surface area contributed by atoms with Gasteiger partial charge in [0.2, 0.25) is 0 Å². The van der Waals surface area contributed by atoms with Crippen LogP contribution in [0.2, 0.25) is 0 Å². The van der Waals surface area contributed by atoms with Crippen LogP contribution in [0.15, 0.2) is 12.1 Å². The van der Waals surface area contributed by atoms with Crippen molar-refractivity contribution >= 4 is 0 Å². The van der Waals surface area contributed by atoms with Gasteiger partial charge in [0.1, 0.15) is 0 Å². The first-order chi connectivity index (χ1) is 7.08. The van der Waals surface area contributed by atoms with Crippen LogP contribution in [0, 0.1) is 11.6 Å². The molecule has 1 aliphatic carbocycles. The third-order valence-corrected chi connectivity index (χ3v) is 2.79. The Kier molecular flexibility index (Phi) is 2.48. The average Bonchev–Trinajstić information content (AvgIpc) is 2.93. The van der Waals surface area contributed by atoms with E-state index in [2.05, 4.69) is 0 Å². The Hall–Kier alpha value is -1.00. The van der Waals surface area contributed by atoms with E-state index >= 15 is 0 Å². The zero-order valence-electron chi connectivity index (χ0n) is 8.52. The van der Waals surface area contributed by atoms with E-state index in [0.29, 0.717) is 12.8 Å². The molecule has 0 aliphatic heterocycles. The number of methoxy groups -OCH3 is 1. The number of halogens is 2. The zero-order chi connectivity index (χ0) is 11.1. The van der Waals surface area contributed by atoms with Crippen molar-refractivity contribution in [1.82, 2.24) is 0 Å². The second-order valence-corrected chi connectivity index (χ2v) is 3.99. The molecule has 0 amide bonds. The van der Waals surface area contributed by atoms with Gasteiger partial charge in [-0.3, -0.25) is 0 Å². The molecule has 0 unspecified atom stereocenters. The summed E-state index contributed by atoms with van der Waals surface area (Å²) in [4.78, 5) is 0. The van der Waals surface area contributed by atoms with Crippen molar-refractivity contribution in [3.63, 3.8) is 0 Å². The normalized spacial score (nSPS) is 17.9. The van der Waals surface area contributed by atoms with Crippen LogP contribution >= 0.6 is 0 Å². The molecule has 2 rings (SSSR count). The first-order valence-electron chi connectivity index (χ1n) is 4.83. The van der Waals surface area contributed by atoms with Gasteiger partial charge in [0.15, 0.2) is 11.6 Å². The molecule has 15 heavy (non-hydrogen) atoms. The molecule has 0 saturated heterocycles. The van der Waals surface area contributed by atoms with E-state index in [1.54, 1.807) is 6.07 Å². The topological polar surface area (TPSA) is 35.2 Å². The van der Waals surface area contributed by atoms with Gasteiger partial charge in [-0.25, -0.2) is 8.78 Å². The fraction of sp³-hybridized carbons (Fsp3) is 0.455. The molecule has 0 heterocycles. The largest absolute Gasteiger partial charge is 0.380 e. The van der Waals surface area contributed by atoms with Gasteiger partial charge in [-0.1, -0.05) is 12.1 Å². The number of nitrogens with two attached hydrogens (primary N) is 1. The molecule has 2 N–H and O–H groups in total. The maximum absolute atomic E-state index is 13.6. The summed E-state index contributed by atoms with van der Waals surface area (Å²) in [6.07, 6.45) is 1.43. The van der Waals surface area contributed by atoms with Crippen LogP contribution in [0.3, 0.4) is 0 Å². The molecule has 82 valence electrons. The Balaban J connectivity index is 2.40. The molecular weight excluding hydrogens is 200 g/mol. The van der Waals surface area contributed by atoms with Gasteiger partial charge in [-0.05, 0) is 12.8 Å². The van der Waals surface area contributed by atoms with Crippen molar-refractivity contribution in [2.75, 3.05) is 7.11 Å². The van der Waals surface area contributed by atoms with Gasteiger partial charge in [0.05, 0.1) is 6.61 Å². The van der Waals surface area contributed by atoms with Gasteiger partial charge in [-0.2, -0.15) is 0 Å². The van der Waals surface area contributed by atoms with Gasteiger partial charge >= 0.3 is 0 Å². The van der Waals surface area contributed by atoms with E-state index in [0.717, 1.165) is 0 Å². The summed E-state index contributed by atoms with van der Waals surface area (Å²) in [6.45, 7) is 0.0700. The fourth-order valence-corrected chi connectivity index (χ4v) is 1.64. The maximum Gasteiger partial charge on any atom is 0.164 e. The molecule has 1 fully saturated rings. The number of hydrogen-bond donors (Lipinski definition) is 1. The molecule has 0 aromatic heterocycles. The number of rotatable bonds is 3. The Morgan fingerprint density at radius 1 is 1.33 bits per heavy atom. The van der Waals surface area contributed by atoms with E-state index in [9.17, 15) is 8.78 Å². The third-order valence-electron chi connectivity index (χ3n) is 2.79. The molecule has 0 radical (unpaired) electrons. The van der Waals surface area contributed by atoms with Crippen LogP contribution in [0.5, 0.6) is 0 Å². The standard InChI is InChI=1S/C11H13F2NO/c1-15-6-7-2-3-8(10(13)9(7)12)11(14)4-5-11/h2-3H,4-6,14H2,1H3. The lowest BCUT2D eigenvalue weighted by atomic mass is 10.0. The van der Waals surface area contributed by atoms with Crippen molar-refractivity contribution < 1.29 is 13.5 Å². The predicted molar refractivity (Wildman–Crippen MR) is 52.2 cm³/mol. The third kappa shape index (κ3) is 1.75. The second kappa shape index (κ2) is 3.54. The molecule has 2 nitrogen and oxygen atoms in total. The SMILES string of the molecule is COCc1ccc(C2(N)CC2)c(F)c1F. The summed E-state index contributed by atoms with van der Waals surface area (Å²) in [6, 6.07) is 3.09. The average molecular weight is 213 g/mol. The number of ether oxygens (including phenoxy) is 1. The minimum Gasteiger partial charge on any atom is -0.380 e. The van der Waals surface area contributed by atoms with Crippen LogP contribution < -0.4 is 5.73 Å². The monoisotopic (exact) mass is 213 g/mol. The van der Waals surface area contributed by atoms with Gasteiger partial charge in [-0.15, -0.1) is 0 Å². The van der Waals surface area contributed by atoms with Crippen LogP contribution in [0.25, 0.3) is 0 Å². The molecule has 1 saturated carbocycles. The summed E-state index contributed by atoms with van der Waals surface area (Å²) in [5.74, 6) is -1.67. The highest BCUT2D eigenvalue weighted by Crippen LogP contribution is 2.44. The first kappa shape index (κ1) is 10.5. The zero-order valence-corrected chi connectivity index (χ0v) is 8.52. The maximum atomic E-state index is 13.6. The van der Waals surface area contributed by atoms with E-state index in [-0.39, 0.29) is 17.7 Å². The highest BCUT2D eigenvalue weighted by atomic mass is 19.2. The minimum absolute atomic E-state index is 0.0700. The van der Waals surface area contributed by atoms with Crippen molar-refractivity contribution in [2.45, 2.75) is 25.0 Å².